The highest BCUT2D eigenvalue weighted by Crippen LogP contribution is 2.20. The van der Waals surface area contributed by atoms with Crippen molar-refractivity contribution in [1.82, 2.24) is 10.6 Å². The van der Waals surface area contributed by atoms with Crippen molar-refractivity contribution < 1.29 is 14.7 Å². The van der Waals surface area contributed by atoms with E-state index in [-0.39, 0.29) is 11.8 Å². The molecule has 16 heavy (non-hydrogen) atoms. The molecular formula is C10H17ClN2O3. The van der Waals surface area contributed by atoms with Crippen LogP contribution >= 0.6 is 11.6 Å². The minimum atomic E-state index is -0.747. The average Bonchev–Trinajstić information content (AvgIpc) is 2.20. The topological polar surface area (TPSA) is 78.4 Å². The molecule has 6 heteroatoms. The van der Waals surface area contributed by atoms with Gasteiger partial charge in [-0.3, -0.25) is 10.1 Å². The van der Waals surface area contributed by atoms with Gasteiger partial charge in [-0.25, -0.2) is 4.79 Å². The highest BCUT2D eigenvalue weighted by molar-refractivity contribution is 6.18. The van der Waals surface area contributed by atoms with Crippen LogP contribution in [0.4, 0.5) is 4.79 Å². The summed E-state index contributed by atoms with van der Waals surface area (Å²) in [6.45, 7) is 3.67. The van der Waals surface area contributed by atoms with Gasteiger partial charge in [0, 0.05) is 5.88 Å². The molecule has 3 atom stereocenters. The quantitative estimate of drug-likeness (QED) is 0.633. The van der Waals surface area contributed by atoms with Crippen LogP contribution in [0.25, 0.3) is 0 Å². The van der Waals surface area contributed by atoms with E-state index < -0.39 is 24.1 Å². The van der Waals surface area contributed by atoms with Crippen LogP contribution in [0.1, 0.15) is 20.3 Å². The molecule has 0 aromatic carbocycles. The largest absolute Gasteiger partial charge is 0.391 e. The molecular weight excluding hydrogens is 232 g/mol. The van der Waals surface area contributed by atoms with E-state index in [1.54, 1.807) is 0 Å². The zero-order valence-corrected chi connectivity index (χ0v) is 10.1. The van der Waals surface area contributed by atoms with Crippen molar-refractivity contribution in [2.45, 2.75) is 32.4 Å². The fourth-order valence-corrected chi connectivity index (χ4v) is 2.06. The number of alkyl halides is 1. The van der Waals surface area contributed by atoms with E-state index in [1.807, 2.05) is 13.8 Å². The van der Waals surface area contributed by atoms with Gasteiger partial charge in [-0.15, -0.1) is 11.6 Å². The molecule has 1 heterocycles. The van der Waals surface area contributed by atoms with Crippen LogP contribution in [-0.2, 0) is 4.79 Å². The number of aliphatic hydroxyl groups excluding tert-OH is 1. The van der Waals surface area contributed by atoms with Gasteiger partial charge in [0.15, 0.2) is 0 Å². The van der Waals surface area contributed by atoms with Crippen molar-refractivity contribution in [2.75, 3.05) is 5.88 Å². The number of amides is 3. The maximum atomic E-state index is 11.6. The summed E-state index contributed by atoms with van der Waals surface area (Å²) in [5.41, 5.74) is 0. The van der Waals surface area contributed by atoms with Crippen LogP contribution in [0.2, 0.25) is 0 Å². The molecule has 1 fully saturated rings. The minimum absolute atomic E-state index is 0.0333. The predicted molar refractivity (Wildman–Crippen MR) is 60.1 cm³/mol. The van der Waals surface area contributed by atoms with Gasteiger partial charge in [-0.2, -0.15) is 0 Å². The standard InChI is InChI=1S/C10H17ClN2O3/c1-5(2)8(14)7-6(3-4-11)9(15)13-10(16)12-7/h5-8,14H,3-4H2,1-2H3,(H2,12,13,15,16)/t6-,7+,8+/m1/s1. The summed E-state index contributed by atoms with van der Waals surface area (Å²) in [5, 5.41) is 14.7. The monoisotopic (exact) mass is 248 g/mol. The van der Waals surface area contributed by atoms with Crippen molar-refractivity contribution in [1.29, 1.82) is 0 Å². The first-order valence-corrected chi connectivity index (χ1v) is 5.86. The predicted octanol–water partition coefficient (Wildman–Crippen LogP) is 0.456. The van der Waals surface area contributed by atoms with Gasteiger partial charge in [0.2, 0.25) is 5.91 Å². The van der Waals surface area contributed by atoms with Crippen LogP contribution in [0.5, 0.6) is 0 Å². The second-order valence-corrected chi connectivity index (χ2v) is 4.69. The SMILES string of the molecule is CC(C)[C@H](O)[C@H]1NC(=O)NC(=O)[C@@H]1CCCl. The van der Waals surface area contributed by atoms with Crippen LogP contribution in [0.3, 0.4) is 0 Å². The molecule has 3 N–H and O–H groups in total. The second-order valence-electron chi connectivity index (χ2n) is 4.31. The third kappa shape index (κ3) is 2.86. The third-order valence-electron chi connectivity index (χ3n) is 2.78. The molecule has 0 saturated carbocycles. The van der Waals surface area contributed by atoms with Crippen molar-refractivity contribution in [3.05, 3.63) is 0 Å². The summed E-state index contributed by atoms with van der Waals surface area (Å²) >= 11 is 5.61. The first kappa shape index (κ1) is 13.3. The van der Waals surface area contributed by atoms with E-state index >= 15 is 0 Å². The second kappa shape index (κ2) is 5.50. The summed E-state index contributed by atoms with van der Waals surface area (Å²) in [6.07, 6.45) is -0.314. The van der Waals surface area contributed by atoms with Crippen molar-refractivity contribution in [3.8, 4) is 0 Å². The molecule has 5 nitrogen and oxygen atoms in total. The van der Waals surface area contributed by atoms with Gasteiger partial charge < -0.3 is 10.4 Å². The zero-order chi connectivity index (χ0) is 12.3. The number of hydrogen-bond acceptors (Lipinski definition) is 3. The van der Waals surface area contributed by atoms with Crippen LogP contribution in [0, 0.1) is 11.8 Å². The Balaban J connectivity index is 2.82. The smallest absolute Gasteiger partial charge is 0.321 e. The van der Waals surface area contributed by atoms with Gasteiger partial charge in [-0.1, -0.05) is 13.8 Å². The Morgan fingerprint density at radius 1 is 1.44 bits per heavy atom. The number of rotatable bonds is 4. The van der Waals surface area contributed by atoms with Crippen LogP contribution < -0.4 is 10.6 Å². The fourth-order valence-electron chi connectivity index (χ4n) is 1.82. The molecule has 0 aliphatic carbocycles. The van der Waals surface area contributed by atoms with Gasteiger partial charge in [0.25, 0.3) is 0 Å². The Morgan fingerprint density at radius 2 is 2.06 bits per heavy atom. The van der Waals surface area contributed by atoms with Gasteiger partial charge >= 0.3 is 6.03 Å². The summed E-state index contributed by atoms with van der Waals surface area (Å²) in [5.74, 6) is -0.550. The Bertz CT molecular complexity index is 283. The maximum absolute atomic E-state index is 11.6. The van der Waals surface area contributed by atoms with Crippen molar-refractivity contribution in [3.63, 3.8) is 0 Å². The lowest BCUT2D eigenvalue weighted by Crippen LogP contribution is -2.62. The van der Waals surface area contributed by atoms with Gasteiger partial charge in [0.05, 0.1) is 18.1 Å². The Kier molecular flexibility index (Phi) is 4.56. The lowest BCUT2D eigenvalue weighted by Gasteiger charge is -2.35. The lowest BCUT2D eigenvalue weighted by molar-refractivity contribution is -0.127. The lowest BCUT2D eigenvalue weighted by atomic mass is 9.86. The Labute approximate surface area is 99.5 Å². The molecule has 3 amide bonds. The summed E-state index contributed by atoms with van der Waals surface area (Å²) in [4.78, 5) is 22.8. The number of halogens is 1. The highest BCUT2D eigenvalue weighted by Gasteiger charge is 2.39. The number of carbonyl (C=O) groups is 2. The van der Waals surface area contributed by atoms with Crippen LogP contribution in [-0.4, -0.2) is 35.1 Å². The fraction of sp³-hybridized carbons (Fsp3) is 0.800. The maximum Gasteiger partial charge on any atom is 0.321 e. The average molecular weight is 249 g/mol. The third-order valence-corrected chi connectivity index (χ3v) is 2.99. The Hall–Kier alpha value is -0.810. The molecule has 92 valence electrons. The summed E-state index contributed by atoms with van der Waals surface area (Å²) in [6, 6.07) is -1.11. The molecule has 0 aromatic rings. The normalized spacial score (nSPS) is 27.6. The molecule has 0 spiro atoms. The molecule has 0 unspecified atom stereocenters. The summed E-state index contributed by atoms with van der Waals surface area (Å²) < 4.78 is 0. The first-order valence-electron chi connectivity index (χ1n) is 5.32. The molecule has 1 rings (SSSR count). The van der Waals surface area contributed by atoms with E-state index in [0.717, 1.165) is 0 Å². The van der Waals surface area contributed by atoms with E-state index in [1.165, 1.54) is 0 Å². The van der Waals surface area contributed by atoms with E-state index in [9.17, 15) is 14.7 Å². The highest BCUT2D eigenvalue weighted by atomic mass is 35.5. The molecule has 1 saturated heterocycles. The number of hydrogen-bond donors (Lipinski definition) is 3. The molecule has 1 aliphatic rings. The van der Waals surface area contributed by atoms with Gasteiger partial charge in [-0.05, 0) is 12.3 Å². The molecule has 0 bridgehead atoms. The molecule has 1 aliphatic heterocycles. The van der Waals surface area contributed by atoms with E-state index in [4.69, 9.17) is 11.6 Å². The van der Waals surface area contributed by atoms with Crippen molar-refractivity contribution >= 4 is 23.5 Å². The summed E-state index contributed by atoms with van der Waals surface area (Å²) in [7, 11) is 0. The van der Waals surface area contributed by atoms with Gasteiger partial charge in [0.1, 0.15) is 0 Å². The van der Waals surface area contributed by atoms with Crippen LogP contribution in [0.15, 0.2) is 0 Å². The number of carbonyl (C=O) groups excluding carboxylic acids is 2. The number of aliphatic hydroxyl groups is 1. The molecule has 0 radical (unpaired) electrons. The van der Waals surface area contributed by atoms with E-state index in [0.29, 0.717) is 12.3 Å². The number of urea groups is 1. The van der Waals surface area contributed by atoms with E-state index in [2.05, 4.69) is 10.6 Å². The molecule has 0 aromatic heterocycles. The number of imide groups is 1. The van der Waals surface area contributed by atoms with Crippen molar-refractivity contribution in [2.24, 2.45) is 11.8 Å². The zero-order valence-electron chi connectivity index (χ0n) is 9.37. The Morgan fingerprint density at radius 3 is 2.56 bits per heavy atom. The number of nitrogens with one attached hydrogen (secondary N) is 2. The first-order chi connectivity index (χ1) is 7.47. The minimum Gasteiger partial charge on any atom is -0.391 e.